The van der Waals surface area contributed by atoms with Crippen LogP contribution in [0.25, 0.3) is 11.3 Å². The van der Waals surface area contributed by atoms with Crippen molar-refractivity contribution in [3.63, 3.8) is 0 Å². The van der Waals surface area contributed by atoms with Gasteiger partial charge in [-0.3, -0.25) is 0 Å². The third-order valence-corrected chi connectivity index (χ3v) is 3.80. The Hall–Kier alpha value is -2.53. The van der Waals surface area contributed by atoms with Crippen LogP contribution in [0.15, 0.2) is 53.4 Å². The van der Waals surface area contributed by atoms with Gasteiger partial charge in [0.05, 0.1) is 17.9 Å². The summed E-state index contributed by atoms with van der Waals surface area (Å²) in [6.07, 6.45) is 3.02. The summed E-state index contributed by atoms with van der Waals surface area (Å²) in [4.78, 5) is 7.94. The molecule has 0 aliphatic rings. The van der Waals surface area contributed by atoms with Gasteiger partial charge in [0.2, 0.25) is 5.95 Å². The normalized spacial score (nSPS) is 12.6. The third-order valence-electron chi connectivity index (χ3n) is 3.80. The van der Waals surface area contributed by atoms with Crippen molar-refractivity contribution in [2.45, 2.75) is 25.8 Å². The van der Waals surface area contributed by atoms with Gasteiger partial charge in [-0.1, -0.05) is 38.1 Å². The van der Waals surface area contributed by atoms with E-state index in [-0.39, 0.29) is 5.92 Å². The first-order valence-electron chi connectivity index (χ1n) is 7.47. The first kappa shape index (κ1) is 15.4. The summed E-state index contributed by atoms with van der Waals surface area (Å²) in [5.74, 6) is 0.287. The fraction of sp³-hybridized carbons (Fsp3) is 0.222. The lowest BCUT2D eigenvalue weighted by molar-refractivity contribution is 0.546. The molecule has 3 aromatic rings. The van der Waals surface area contributed by atoms with E-state index in [9.17, 15) is 4.39 Å². The van der Waals surface area contributed by atoms with Crippen LogP contribution in [0.3, 0.4) is 0 Å². The lowest BCUT2D eigenvalue weighted by atomic mass is 9.99. The van der Waals surface area contributed by atoms with E-state index in [1.54, 1.807) is 18.3 Å². The van der Waals surface area contributed by atoms with E-state index in [4.69, 9.17) is 10.2 Å². The van der Waals surface area contributed by atoms with E-state index in [0.717, 1.165) is 11.1 Å². The Kier molecular flexibility index (Phi) is 4.21. The SMILES string of the molecule is CC(C)c1ccc(C(N)c2cccc(-c3cnco3)c2)nc1F. The van der Waals surface area contributed by atoms with Crippen molar-refractivity contribution in [3.8, 4) is 11.3 Å². The molecule has 2 heterocycles. The number of hydrogen-bond donors (Lipinski definition) is 1. The van der Waals surface area contributed by atoms with E-state index >= 15 is 0 Å². The molecule has 0 saturated carbocycles. The maximum Gasteiger partial charge on any atom is 0.216 e. The number of benzene rings is 1. The van der Waals surface area contributed by atoms with Gasteiger partial charge in [0.1, 0.15) is 0 Å². The fourth-order valence-electron chi connectivity index (χ4n) is 2.48. The van der Waals surface area contributed by atoms with Crippen molar-refractivity contribution < 1.29 is 8.81 Å². The summed E-state index contributed by atoms with van der Waals surface area (Å²) in [6.45, 7) is 3.86. The lowest BCUT2D eigenvalue weighted by Crippen LogP contribution is -2.15. The van der Waals surface area contributed by atoms with Gasteiger partial charge in [-0.2, -0.15) is 4.39 Å². The highest BCUT2D eigenvalue weighted by Crippen LogP contribution is 2.26. The topological polar surface area (TPSA) is 64.9 Å². The van der Waals surface area contributed by atoms with E-state index in [2.05, 4.69) is 9.97 Å². The third kappa shape index (κ3) is 3.14. The van der Waals surface area contributed by atoms with Crippen molar-refractivity contribution in [1.82, 2.24) is 9.97 Å². The molecule has 0 radical (unpaired) electrons. The molecule has 2 N–H and O–H groups in total. The van der Waals surface area contributed by atoms with Crippen LogP contribution in [0.5, 0.6) is 0 Å². The van der Waals surface area contributed by atoms with Crippen LogP contribution in [0, 0.1) is 5.95 Å². The molecule has 0 fully saturated rings. The van der Waals surface area contributed by atoms with E-state index < -0.39 is 12.0 Å². The Balaban J connectivity index is 1.93. The molecule has 23 heavy (non-hydrogen) atoms. The highest BCUT2D eigenvalue weighted by atomic mass is 19.1. The van der Waals surface area contributed by atoms with Crippen LogP contribution in [0.2, 0.25) is 0 Å². The molecule has 1 unspecified atom stereocenters. The summed E-state index contributed by atoms with van der Waals surface area (Å²) in [6, 6.07) is 10.6. The number of hydrogen-bond acceptors (Lipinski definition) is 4. The molecule has 118 valence electrons. The first-order valence-corrected chi connectivity index (χ1v) is 7.47. The minimum absolute atomic E-state index is 0.0857. The molecule has 0 amide bonds. The molecule has 1 atom stereocenters. The standard InChI is InChI=1S/C18H18FN3O/c1-11(2)14-6-7-15(22-18(14)19)17(20)13-5-3-4-12(8-13)16-9-21-10-23-16/h3-11,17H,20H2,1-2H3. The van der Waals surface area contributed by atoms with E-state index in [1.807, 2.05) is 38.1 Å². The smallest absolute Gasteiger partial charge is 0.216 e. The zero-order valence-corrected chi connectivity index (χ0v) is 13.0. The fourth-order valence-corrected chi connectivity index (χ4v) is 2.48. The molecule has 0 saturated heterocycles. The Morgan fingerprint density at radius 3 is 2.65 bits per heavy atom. The summed E-state index contributed by atoms with van der Waals surface area (Å²) in [7, 11) is 0. The molecular formula is C18H18FN3O. The zero-order chi connectivity index (χ0) is 16.4. The van der Waals surface area contributed by atoms with Gasteiger partial charge in [0.15, 0.2) is 12.2 Å². The lowest BCUT2D eigenvalue weighted by Gasteiger charge is -2.14. The van der Waals surface area contributed by atoms with Crippen molar-refractivity contribution in [2.24, 2.45) is 5.73 Å². The first-order chi connectivity index (χ1) is 11.1. The van der Waals surface area contributed by atoms with E-state index in [0.29, 0.717) is 17.0 Å². The average Bonchev–Trinajstić information content (AvgIpc) is 3.08. The number of halogens is 1. The van der Waals surface area contributed by atoms with Crippen molar-refractivity contribution in [3.05, 3.63) is 71.8 Å². The van der Waals surface area contributed by atoms with Crippen LogP contribution < -0.4 is 5.73 Å². The quantitative estimate of drug-likeness (QED) is 0.738. The predicted octanol–water partition coefficient (Wildman–Crippen LogP) is 4.05. The van der Waals surface area contributed by atoms with Gasteiger partial charge in [0, 0.05) is 11.1 Å². The summed E-state index contributed by atoms with van der Waals surface area (Å²) < 4.78 is 19.4. The average molecular weight is 311 g/mol. The minimum atomic E-state index is -0.506. The second-order valence-electron chi connectivity index (χ2n) is 5.74. The molecular weight excluding hydrogens is 293 g/mol. The second kappa shape index (κ2) is 6.30. The Morgan fingerprint density at radius 2 is 2.00 bits per heavy atom. The van der Waals surface area contributed by atoms with Crippen LogP contribution in [-0.2, 0) is 0 Å². The maximum absolute atomic E-state index is 14.1. The number of aromatic nitrogens is 2. The van der Waals surface area contributed by atoms with Gasteiger partial charge in [0.25, 0.3) is 0 Å². The number of pyridine rings is 1. The molecule has 3 rings (SSSR count). The maximum atomic E-state index is 14.1. The molecule has 0 bridgehead atoms. The molecule has 0 aliphatic carbocycles. The predicted molar refractivity (Wildman–Crippen MR) is 86.3 cm³/mol. The van der Waals surface area contributed by atoms with E-state index in [1.165, 1.54) is 6.39 Å². The van der Waals surface area contributed by atoms with Crippen LogP contribution in [-0.4, -0.2) is 9.97 Å². The van der Waals surface area contributed by atoms with Crippen LogP contribution in [0.4, 0.5) is 4.39 Å². The van der Waals surface area contributed by atoms with Crippen molar-refractivity contribution >= 4 is 0 Å². The molecule has 2 aromatic heterocycles. The van der Waals surface area contributed by atoms with Gasteiger partial charge >= 0.3 is 0 Å². The number of oxazole rings is 1. The van der Waals surface area contributed by atoms with Gasteiger partial charge in [-0.15, -0.1) is 0 Å². The molecule has 5 heteroatoms. The second-order valence-corrected chi connectivity index (χ2v) is 5.74. The van der Waals surface area contributed by atoms with Crippen molar-refractivity contribution in [1.29, 1.82) is 0 Å². The van der Waals surface area contributed by atoms with Gasteiger partial charge in [-0.25, -0.2) is 9.97 Å². The monoisotopic (exact) mass is 311 g/mol. The molecule has 4 nitrogen and oxygen atoms in total. The molecule has 0 aliphatic heterocycles. The highest BCUT2D eigenvalue weighted by molar-refractivity contribution is 5.57. The van der Waals surface area contributed by atoms with Gasteiger partial charge < -0.3 is 10.2 Å². The van der Waals surface area contributed by atoms with Crippen molar-refractivity contribution in [2.75, 3.05) is 0 Å². The minimum Gasteiger partial charge on any atom is -0.444 e. The van der Waals surface area contributed by atoms with Crippen LogP contribution in [0.1, 0.15) is 42.6 Å². The summed E-state index contributed by atoms with van der Waals surface area (Å²) >= 11 is 0. The molecule has 0 spiro atoms. The molecule has 1 aromatic carbocycles. The Bertz CT molecular complexity index is 800. The summed E-state index contributed by atoms with van der Waals surface area (Å²) in [5.41, 5.74) is 9.06. The Morgan fingerprint density at radius 1 is 1.17 bits per heavy atom. The largest absolute Gasteiger partial charge is 0.444 e. The zero-order valence-electron chi connectivity index (χ0n) is 13.0. The highest BCUT2D eigenvalue weighted by Gasteiger charge is 2.15. The van der Waals surface area contributed by atoms with Gasteiger partial charge in [-0.05, 0) is 23.6 Å². The number of rotatable bonds is 4. The Labute approximate surface area is 134 Å². The van der Waals surface area contributed by atoms with Crippen LogP contribution >= 0.6 is 0 Å². The summed E-state index contributed by atoms with van der Waals surface area (Å²) in [5, 5.41) is 0. The number of nitrogens with two attached hydrogens (primary N) is 1. The number of nitrogens with zero attached hydrogens (tertiary/aromatic N) is 2.